The normalized spacial score (nSPS) is 48.8. The Morgan fingerprint density at radius 2 is 1.55 bits per heavy atom. The number of rotatable bonds is 11. The van der Waals surface area contributed by atoms with Gasteiger partial charge in [-0.25, -0.2) is 0 Å². The van der Waals surface area contributed by atoms with Crippen LogP contribution in [0, 0.1) is 11.8 Å². The Kier molecular flexibility index (Phi) is 12.3. The summed E-state index contributed by atoms with van der Waals surface area (Å²) in [6.45, 7) is -0.347. The van der Waals surface area contributed by atoms with E-state index in [0.717, 1.165) is 12.8 Å². The monoisotopic (exact) mass is 638 g/mol. The van der Waals surface area contributed by atoms with Gasteiger partial charge < -0.3 is 88.6 Å². The van der Waals surface area contributed by atoms with Crippen LogP contribution in [0.3, 0.4) is 0 Å². The van der Waals surface area contributed by atoms with Gasteiger partial charge in [-0.1, -0.05) is 0 Å². The van der Waals surface area contributed by atoms with E-state index >= 15 is 0 Å². The molecule has 16 atom stereocenters. The Morgan fingerprint density at radius 1 is 0.864 bits per heavy atom. The molecule has 256 valence electrons. The van der Waals surface area contributed by atoms with E-state index in [4.69, 9.17) is 37.1 Å². The molecule has 0 radical (unpaired) electrons. The molecule has 1 amide bonds. The van der Waals surface area contributed by atoms with E-state index in [1.165, 1.54) is 0 Å². The van der Waals surface area contributed by atoms with E-state index in [0.29, 0.717) is 12.5 Å². The molecule has 4 rings (SSSR count). The lowest BCUT2D eigenvalue weighted by Crippen LogP contribution is -2.71. The standard InChI is InChI=1S/C26H50N6O12/c27-4-12(34)25(41)32-11-3-10(29)15(19(37)23(11)44-26-20(38)16(30)17(35)14(7-33)43-26)24-22(40)21(39)18(36)13(42-24)6-31-5-8-1-9(28)2-8/h8-24,26,31,33-40H,1-7,27-30H2,(H,32,41). The fraction of sp³-hybridized carbons (Fsp3) is 0.962. The maximum atomic E-state index is 12.6. The van der Waals surface area contributed by atoms with Crippen molar-refractivity contribution in [1.82, 2.24) is 10.6 Å². The zero-order valence-electron chi connectivity index (χ0n) is 24.4. The van der Waals surface area contributed by atoms with Crippen LogP contribution in [0.25, 0.3) is 0 Å². The fourth-order valence-electron chi connectivity index (χ4n) is 6.67. The third-order valence-electron chi connectivity index (χ3n) is 9.41. The summed E-state index contributed by atoms with van der Waals surface area (Å²) in [5.41, 5.74) is 23.6. The first-order chi connectivity index (χ1) is 20.8. The zero-order valence-corrected chi connectivity index (χ0v) is 24.4. The molecule has 4 fully saturated rings. The van der Waals surface area contributed by atoms with Gasteiger partial charge >= 0.3 is 0 Å². The van der Waals surface area contributed by atoms with Crippen molar-refractivity contribution in [2.45, 2.75) is 117 Å². The van der Waals surface area contributed by atoms with Crippen molar-refractivity contribution in [2.24, 2.45) is 34.8 Å². The SMILES string of the molecule is NCC(O)C(=O)NC1CC(N)C(C2OC(CNCC3CC(N)C3)C(O)C(O)C2O)C(O)C1OC1OC(CO)C(O)C(N)C1O. The number of amides is 1. The molecule has 2 aliphatic heterocycles. The molecular formula is C26H50N6O12. The Hall–Kier alpha value is -1.17. The highest BCUT2D eigenvalue weighted by Gasteiger charge is 2.56. The maximum absolute atomic E-state index is 12.6. The van der Waals surface area contributed by atoms with Crippen molar-refractivity contribution in [1.29, 1.82) is 0 Å². The molecule has 0 spiro atoms. The molecule has 4 aliphatic rings. The minimum atomic E-state index is -1.68. The summed E-state index contributed by atoms with van der Waals surface area (Å²) in [6, 6.07) is -3.23. The van der Waals surface area contributed by atoms with Gasteiger partial charge in [-0.05, 0) is 31.7 Å². The molecule has 44 heavy (non-hydrogen) atoms. The van der Waals surface area contributed by atoms with Crippen LogP contribution < -0.4 is 33.6 Å². The van der Waals surface area contributed by atoms with Gasteiger partial charge in [0.05, 0.1) is 37.0 Å². The summed E-state index contributed by atoms with van der Waals surface area (Å²) in [5, 5.41) is 90.3. The molecule has 0 aromatic heterocycles. The Bertz CT molecular complexity index is 936. The summed E-state index contributed by atoms with van der Waals surface area (Å²) in [4.78, 5) is 12.6. The highest BCUT2D eigenvalue weighted by Crippen LogP contribution is 2.37. The maximum Gasteiger partial charge on any atom is 0.250 e. The average Bonchev–Trinajstić information content (AvgIpc) is 2.98. The van der Waals surface area contributed by atoms with Gasteiger partial charge in [-0.15, -0.1) is 0 Å². The molecule has 0 bridgehead atoms. The van der Waals surface area contributed by atoms with Crippen molar-refractivity contribution in [3.8, 4) is 0 Å². The van der Waals surface area contributed by atoms with Crippen LogP contribution in [-0.4, -0.2) is 171 Å². The molecule has 18 heteroatoms. The molecule has 18 nitrogen and oxygen atoms in total. The molecule has 0 aromatic carbocycles. The first-order valence-electron chi connectivity index (χ1n) is 15.1. The molecule has 0 aromatic rings. The van der Waals surface area contributed by atoms with E-state index in [-0.39, 0.29) is 19.0 Å². The minimum Gasteiger partial charge on any atom is -0.394 e. The van der Waals surface area contributed by atoms with Crippen LogP contribution in [0.4, 0.5) is 0 Å². The van der Waals surface area contributed by atoms with Crippen LogP contribution in [0.5, 0.6) is 0 Å². The molecule has 18 N–H and O–H groups in total. The van der Waals surface area contributed by atoms with Gasteiger partial charge in [-0.2, -0.15) is 0 Å². The predicted molar refractivity (Wildman–Crippen MR) is 150 cm³/mol. The third-order valence-corrected chi connectivity index (χ3v) is 9.41. The summed E-state index contributed by atoms with van der Waals surface area (Å²) >= 11 is 0. The number of aliphatic hydroxyl groups is 8. The number of aliphatic hydroxyl groups excluding tert-OH is 8. The highest BCUT2D eigenvalue weighted by atomic mass is 16.7. The van der Waals surface area contributed by atoms with Crippen molar-refractivity contribution < 1.29 is 59.9 Å². The van der Waals surface area contributed by atoms with Crippen LogP contribution in [0.1, 0.15) is 19.3 Å². The second-order valence-electron chi connectivity index (χ2n) is 12.6. The number of hydrogen-bond donors (Lipinski definition) is 14. The quantitative estimate of drug-likeness (QED) is 0.0998. The smallest absolute Gasteiger partial charge is 0.250 e. The van der Waals surface area contributed by atoms with E-state index in [9.17, 15) is 45.6 Å². The highest BCUT2D eigenvalue weighted by molar-refractivity contribution is 5.81. The fourth-order valence-corrected chi connectivity index (χ4v) is 6.67. The molecule has 16 unspecified atom stereocenters. The second kappa shape index (κ2) is 15.2. The molecule has 2 saturated carbocycles. The van der Waals surface area contributed by atoms with Gasteiger partial charge in [0.2, 0.25) is 5.91 Å². The van der Waals surface area contributed by atoms with Gasteiger partial charge in [0, 0.05) is 31.1 Å². The van der Waals surface area contributed by atoms with Gasteiger partial charge in [0.15, 0.2) is 6.29 Å². The summed E-state index contributed by atoms with van der Waals surface area (Å²) < 4.78 is 17.5. The molecule has 2 heterocycles. The van der Waals surface area contributed by atoms with E-state index < -0.39 is 117 Å². The average molecular weight is 639 g/mol. The van der Waals surface area contributed by atoms with Gasteiger partial charge in [-0.3, -0.25) is 4.79 Å². The van der Waals surface area contributed by atoms with Crippen molar-refractivity contribution in [2.75, 3.05) is 26.2 Å². The van der Waals surface area contributed by atoms with Crippen molar-refractivity contribution >= 4 is 5.91 Å². The lowest BCUT2D eigenvalue weighted by atomic mass is 9.72. The van der Waals surface area contributed by atoms with Crippen LogP contribution in [-0.2, 0) is 19.0 Å². The number of ether oxygens (including phenoxy) is 3. The predicted octanol–water partition coefficient (Wildman–Crippen LogP) is -8.17. The second-order valence-corrected chi connectivity index (χ2v) is 12.6. The lowest BCUT2D eigenvalue weighted by molar-refractivity contribution is -0.310. The lowest BCUT2D eigenvalue weighted by Gasteiger charge is -2.52. The van der Waals surface area contributed by atoms with Crippen LogP contribution in [0.2, 0.25) is 0 Å². The van der Waals surface area contributed by atoms with Crippen molar-refractivity contribution in [3.63, 3.8) is 0 Å². The zero-order chi connectivity index (χ0) is 32.5. The van der Waals surface area contributed by atoms with Gasteiger partial charge in [0.1, 0.15) is 48.8 Å². The number of carbonyl (C=O) groups excluding carboxylic acids is 1. The van der Waals surface area contributed by atoms with E-state index in [2.05, 4.69) is 10.6 Å². The first-order valence-corrected chi connectivity index (χ1v) is 15.1. The van der Waals surface area contributed by atoms with Crippen molar-refractivity contribution in [3.05, 3.63) is 0 Å². The largest absolute Gasteiger partial charge is 0.394 e. The first kappa shape index (κ1) is 35.7. The Balaban J connectivity index is 1.55. The summed E-state index contributed by atoms with van der Waals surface area (Å²) in [5.74, 6) is -1.67. The van der Waals surface area contributed by atoms with Crippen LogP contribution >= 0.6 is 0 Å². The van der Waals surface area contributed by atoms with Crippen LogP contribution in [0.15, 0.2) is 0 Å². The molecule has 2 saturated heterocycles. The molecular weight excluding hydrogens is 588 g/mol. The Morgan fingerprint density at radius 3 is 2.16 bits per heavy atom. The molecule has 2 aliphatic carbocycles. The minimum absolute atomic E-state index is 0.105. The van der Waals surface area contributed by atoms with Gasteiger partial charge in [0.25, 0.3) is 0 Å². The summed E-state index contributed by atoms with van der Waals surface area (Å²) in [6.07, 6.45) is -16.1. The topological polar surface area (TPSA) is 335 Å². The van der Waals surface area contributed by atoms with E-state index in [1.807, 2.05) is 0 Å². The third kappa shape index (κ3) is 7.52. The van der Waals surface area contributed by atoms with E-state index in [1.54, 1.807) is 0 Å². The number of nitrogens with two attached hydrogens (primary N) is 4. The number of carbonyl (C=O) groups is 1. The summed E-state index contributed by atoms with van der Waals surface area (Å²) in [7, 11) is 0. The Labute approximate surface area is 254 Å². The number of hydrogen-bond acceptors (Lipinski definition) is 17. The number of nitrogens with one attached hydrogen (secondary N) is 2.